The highest BCUT2D eigenvalue weighted by atomic mass is 19.1. The lowest BCUT2D eigenvalue weighted by Crippen LogP contribution is -2.22. The zero-order chi connectivity index (χ0) is 29.6. The van der Waals surface area contributed by atoms with Crippen molar-refractivity contribution in [3.05, 3.63) is 132 Å². The Morgan fingerprint density at radius 3 is 2.46 bits per heavy atom. The van der Waals surface area contributed by atoms with E-state index in [2.05, 4.69) is 16.9 Å². The maximum Gasteiger partial charge on any atom is 0.307 e. The van der Waals surface area contributed by atoms with Crippen LogP contribution in [-0.4, -0.2) is 28.9 Å². The second-order valence-electron chi connectivity index (χ2n) is 9.20. The van der Waals surface area contributed by atoms with Crippen molar-refractivity contribution in [2.45, 2.75) is 32.7 Å². The summed E-state index contributed by atoms with van der Waals surface area (Å²) in [5.74, 6) is -1.56. The van der Waals surface area contributed by atoms with Crippen molar-refractivity contribution in [2.24, 2.45) is 9.98 Å². The maximum absolute atomic E-state index is 13.2. The van der Waals surface area contributed by atoms with Crippen molar-refractivity contribution in [3.8, 4) is 0 Å². The van der Waals surface area contributed by atoms with E-state index < -0.39 is 5.97 Å². The van der Waals surface area contributed by atoms with Gasteiger partial charge in [-0.2, -0.15) is 0 Å². The van der Waals surface area contributed by atoms with Gasteiger partial charge >= 0.3 is 5.97 Å². The quantitative estimate of drug-likeness (QED) is 0.170. The molecule has 0 aromatic heterocycles. The van der Waals surface area contributed by atoms with Crippen molar-refractivity contribution in [1.82, 2.24) is 5.32 Å². The first-order valence-electron chi connectivity index (χ1n) is 12.9. The number of amides is 1. The molecule has 3 rings (SSSR count). The molecule has 0 aliphatic heterocycles. The van der Waals surface area contributed by atoms with E-state index in [0.29, 0.717) is 41.7 Å². The lowest BCUT2D eigenvalue weighted by Gasteiger charge is -2.09. The van der Waals surface area contributed by atoms with Crippen molar-refractivity contribution in [2.75, 3.05) is 0 Å². The van der Waals surface area contributed by atoms with E-state index in [1.807, 2.05) is 25.1 Å². The standard InChI is InChI=1S/C33H31F2N3O3/c1-3-24(8-5-17-34)21-36-30-16-13-28(33(41)37-22-26-11-14-29(35)15-12-26)20-31(30)38-23(2)9-10-25-6-4-7-27(18-25)19-32(39)40/h3-8,11-18,20-21H,1,9-10,19,22H2,2H3,(H,37,41)(H,39,40)/b17-5+,24-8+,36-21+,38-23+. The highest BCUT2D eigenvalue weighted by Crippen LogP contribution is 2.30. The minimum absolute atomic E-state index is 0.0411. The van der Waals surface area contributed by atoms with Gasteiger partial charge in [0.25, 0.3) is 5.91 Å². The topological polar surface area (TPSA) is 91.1 Å². The van der Waals surface area contributed by atoms with Crippen LogP contribution in [0.25, 0.3) is 0 Å². The van der Waals surface area contributed by atoms with E-state index in [4.69, 9.17) is 10.1 Å². The van der Waals surface area contributed by atoms with Gasteiger partial charge in [-0.1, -0.05) is 55.1 Å². The van der Waals surface area contributed by atoms with Crippen LogP contribution in [0.15, 0.2) is 113 Å². The number of benzene rings is 3. The molecule has 0 saturated heterocycles. The van der Waals surface area contributed by atoms with Gasteiger partial charge in [-0.05, 0) is 78.4 Å². The molecular weight excluding hydrogens is 524 g/mol. The second kappa shape index (κ2) is 15.6. The molecule has 8 heteroatoms. The van der Waals surface area contributed by atoms with Gasteiger partial charge in [0.2, 0.25) is 0 Å². The Bertz CT molecular complexity index is 1510. The van der Waals surface area contributed by atoms with Crippen LogP contribution in [0.4, 0.5) is 20.2 Å². The Labute approximate surface area is 238 Å². The van der Waals surface area contributed by atoms with Crippen LogP contribution < -0.4 is 5.32 Å². The fourth-order valence-corrected chi connectivity index (χ4v) is 3.86. The molecule has 1 amide bonds. The summed E-state index contributed by atoms with van der Waals surface area (Å²) in [6, 6.07) is 18.3. The number of aliphatic carboxylic acids is 1. The molecule has 0 bridgehead atoms. The minimum atomic E-state index is -0.885. The van der Waals surface area contributed by atoms with Crippen LogP contribution in [0, 0.1) is 5.82 Å². The predicted molar refractivity (Wildman–Crippen MR) is 160 cm³/mol. The van der Waals surface area contributed by atoms with Crippen molar-refractivity contribution in [3.63, 3.8) is 0 Å². The molecule has 0 aliphatic carbocycles. The number of hydrogen-bond acceptors (Lipinski definition) is 4. The van der Waals surface area contributed by atoms with Gasteiger partial charge in [-0.15, -0.1) is 0 Å². The van der Waals surface area contributed by atoms with Crippen LogP contribution >= 0.6 is 0 Å². The van der Waals surface area contributed by atoms with E-state index in [0.717, 1.165) is 22.4 Å². The summed E-state index contributed by atoms with van der Waals surface area (Å²) >= 11 is 0. The summed E-state index contributed by atoms with van der Waals surface area (Å²) in [6.07, 6.45) is 7.42. The first kappa shape index (κ1) is 30.6. The number of carboxylic acid groups (broad SMARTS) is 1. The fourth-order valence-electron chi connectivity index (χ4n) is 3.86. The number of aliphatic imine (C=N–C) groups is 2. The van der Waals surface area contributed by atoms with Crippen molar-refractivity contribution < 1.29 is 23.5 Å². The molecule has 0 atom stereocenters. The Balaban J connectivity index is 1.84. The Hall–Kier alpha value is -4.98. The van der Waals surface area contributed by atoms with Crippen LogP contribution in [0.5, 0.6) is 0 Å². The molecule has 210 valence electrons. The van der Waals surface area contributed by atoms with E-state index in [9.17, 15) is 18.4 Å². The van der Waals surface area contributed by atoms with Gasteiger partial charge in [-0.3, -0.25) is 19.6 Å². The largest absolute Gasteiger partial charge is 0.481 e. The van der Waals surface area contributed by atoms with E-state index in [1.54, 1.807) is 36.4 Å². The third-order valence-electron chi connectivity index (χ3n) is 5.99. The molecule has 0 spiro atoms. The highest BCUT2D eigenvalue weighted by Gasteiger charge is 2.10. The summed E-state index contributed by atoms with van der Waals surface area (Å²) in [5.41, 5.74) is 5.19. The van der Waals surface area contributed by atoms with Gasteiger partial charge in [0.15, 0.2) is 0 Å². The molecule has 2 N–H and O–H groups in total. The molecule has 0 radical (unpaired) electrons. The average Bonchev–Trinajstić information content (AvgIpc) is 2.96. The first-order valence-corrected chi connectivity index (χ1v) is 12.9. The molecule has 0 unspecified atom stereocenters. The maximum atomic E-state index is 13.2. The van der Waals surface area contributed by atoms with Crippen LogP contribution in [-0.2, 0) is 24.2 Å². The molecular formula is C33H31F2N3O3. The third kappa shape index (κ3) is 10.3. The molecule has 0 aliphatic rings. The number of nitrogens with one attached hydrogen (secondary N) is 1. The second-order valence-corrected chi connectivity index (χ2v) is 9.20. The third-order valence-corrected chi connectivity index (χ3v) is 5.99. The molecule has 0 fully saturated rings. The number of carbonyl (C=O) groups excluding carboxylic acids is 1. The van der Waals surface area contributed by atoms with Crippen LogP contribution in [0.2, 0.25) is 0 Å². The van der Waals surface area contributed by atoms with E-state index >= 15 is 0 Å². The Kier molecular flexibility index (Phi) is 11.6. The molecule has 3 aromatic rings. The first-order chi connectivity index (χ1) is 19.8. The SMILES string of the molecule is C=CC(/C=N/c1ccc(C(=O)NCc2ccc(F)cc2)cc1/N=C(\C)CCc1cccc(CC(=O)O)c1)=C\C=C\F. The number of allylic oxidation sites excluding steroid dienone is 4. The molecule has 0 saturated carbocycles. The molecule has 41 heavy (non-hydrogen) atoms. The van der Waals surface area contributed by atoms with E-state index in [1.165, 1.54) is 36.6 Å². The van der Waals surface area contributed by atoms with Crippen molar-refractivity contribution in [1.29, 1.82) is 0 Å². The molecule has 3 aromatic carbocycles. The number of nitrogens with zero attached hydrogens (tertiary/aromatic N) is 2. The number of hydrogen-bond donors (Lipinski definition) is 2. The monoisotopic (exact) mass is 555 g/mol. The average molecular weight is 556 g/mol. The summed E-state index contributed by atoms with van der Waals surface area (Å²) < 4.78 is 25.6. The zero-order valence-electron chi connectivity index (χ0n) is 22.7. The van der Waals surface area contributed by atoms with E-state index in [-0.39, 0.29) is 24.7 Å². The minimum Gasteiger partial charge on any atom is -0.481 e. The summed E-state index contributed by atoms with van der Waals surface area (Å²) in [6.45, 7) is 5.81. The zero-order valence-corrected chi connectivity index (χ0v) is 22.7. The van der Waals surface area contributed by atoms with Gasteiger partial charge in [0.1, 0.15) is 5.82 Å². The number of halogens is 2. The van der Waals surface area contributed by atoms with Crippen LogP contribution in [0.1, 0.15) is 40.4 Å². The van der Waals surface area contributed by atoms with Gasteiger partial charge in [0.05, 0.1) is 24.1 Å². The molecule has 0 heterocycles. The fraction of sp³-hybridized carbons (Fsp3) is 0.152. The van der Waals surface area contributed by atoms with Gasteiger partial charge < -0.3 is 10.4 Å². The summed E-state index contributed by atoms with van der Waals surface area (Å²) in [7, 11) is 0. The summed E-state index contributed by atoms with van der Waals surface area (Å²) in [5, 5.41) is 11.9. The predicted octanol–water partition coefficient (Wildman–Crippen LogP) is 7.41. The molecule has 6 nitrogen and oxygen atoms in total. The van der Waals surface area contributed by atoms with Gasteiger partial charge in [-0.25, -0.2) is 8.78 Å². The lowest BCUT2D eigenvalue weighted by molar-refractivity contribution is -0.136. The highest BCUT2D eigenvalue weighted by molar-refractivity contribution is 5.97. The number of rotatable bonds is 13. The smallest absolute Gasteiger partial charge is 0.307 e. The Morgan fingerprint density at radius 2 is 1.76 bits per heavy atom. The number of carboxylic acids is 1. The summed E-state index contributed by atoms with van der Waals surface area (Å²) in [4.78, 5) is 33.2. The normalized spacial score (nSPS) is 12.2. The van der Waals surface area contributed by atoms with Gasteiger partial charge in [0, 0.05) is 24.0 Å². The number of carbonyl (C=O) groups is 2. The Morgan fingerprint density at radius 1 is 1.00 bits per heavy atom. The van der Waals surface area contributed by atoms with Crippen LogP contribution in [0.3, 0.4) is 0 Å². The number of aryl methyl sites for hydroxylation is 1. The lowest BCUT2D eigenvalue weighted by atomic mass is 10.0. The van der Waals surface area contributed by atoms with Crippen molar-refractivity contribution >= 4 is 35.2 Å².